The van der Waals surface area contributed by atoms with Gasteiger partial charge in [-0.15, -0.1) is 0 Å². The van der Waals surface area contributed by atoms with E-state index >= 15 is 0 Å². The number of amides is 1. The van der Waals surface area contributed by atoms with Crippen LogP contribution in [0.1, 0.15) is 42.2 Å². The average Bonchev–Trinajstić information content (AvgIpc) is 2.53. The molecule has 1 aliphatic rings. The Morgan fingerprint density at radius 2 is 2.08 bits per heavy atom. The monoisotopic (exact) mass is 359 g/mol. The number of benzene rings is 2. The molecule has 3 N–H and O–H groups in total. The van der Waals surface area contributed by atoms with Crippen LogP contribution < -0.4 is 15.8 Å². The number of nitrogen functional groups attached to an aromatic ring is 1. The fourth-order valence-electron chi connectivity index (χ4n) is 3.04. The van der Waals surface area contributed by atoms with Gasteiger partial charge in [-0.1, -0.05) is 6.07 Å². The zero-order chi connectivity index (χ0) is 19.1. The van der Waals surface area contributed by atoms with Crippen molar-refractivity contribution in [1.29, 1.82) is 0 Å². The Balaban J connectivity index is 1.90. The molecule has 0 radical (unpaired) electrons. The molecule has 26 heavy (non-hydrogen) atoms. The fraction of sp³-hybridized carbons (Fsp3) is 0.278. The summed E-state index contributed by atoms with van der Waals surface area (Å²) in [6.07, 6.45) is 0.467. The molecule has 0 aromatic heterocycles. The number of nitro groups is 1. The first-order valence-electron chi connectivity index (χ1n) is 7.99. The third-order valence-corrected chi connectivity index (χ3v) is 4.23. The molecule has 1 atom stereocenters. The van der Waals surface area contributed by atoms with Crippen molar-refractivity contribution in [2.45, 2.75) is 31.9 Å². The summed E-state index contributed by atoms with van der Waals surface area (Å²) in [7, 11) is 0. The molecule has 136 valence electrons. The van der Waals surface area contributed by atoms with Crippen LogP contribution in [0, 0.1) is 15.9 Å². The first kappa shape index (κ1) is 17.7. The highest BCUT2D eigenvalue weighted by Crippen LogP contribution is 2.40. The number of nitrogens with one attached hydrogen (secondary N) is 1. The van der Waals surface area contributed by atoms with Crippen molar-refractivity contribution < 1.29 is 18.8 Å². The van der Waals surface area contributed by atoms with E-state index in [0.717, 1.165) is 6.07 Å². The van der Waals surface area contributed by atoms with Crippen LogP contribution in [0.25, 0.3) is 0 Å². The number of nitro benzene ring substituents is 1. The minimum Gasteiger partial charge on any atom is -0.487 e. The Labute approximate surface area is 149 Å². The maximum Gasteiger partial charge on any atom is 0.292 e. The number of ether oxygens (including phenoxy) is 1. The predicted octanol–water partition coefficient (Wildman–Crippen LogP) is 3.35. The molecular weight excluding hydrogens is 341 g/mol. The summed E-state index contributed by atoms with van der Waals surface area (Å²) in [4.78, 5) is 23.0. The summed E-state index contributed by atoms with van der Waals surface area (Å²) < 4.78 is 19.3. The molecule has 7 nitrogen and oxygen atoms in total. The number of halogens is 1. The van der Waals surface area contributed by atoms with Crippen LogP contribution in [0.3, 0.4) is 0 Å². The quantitative estimate of drug-likeness (QED) is 0.496. The van der Waals surface area contributed by atoms with Gasteiger partial charge in [0.15, 0.2) is 0 Å². The van der Waals surface area contributed by atoms with Crippen LogP contribution in [-0.4, -0.2) is 16.4 Å². The van der Waals surface area contributed by atoms with Crippen molar-refractivity contribution in [3.63, 3.8) is 0 Å². The van der Waals surface area contributed by atoms with E-state index in [1.807, 2.05) is 13.8 Å². The van der Waals surface area contributed by atoms with Crippen molar-refractivity contribution >= 4 is 17.3 Å². The Hall–Kier alpha value is -3.16. The van der Waals surface area contributed by atoms with Gasteiger partial charge in [-0.25, -0.2) is 4.39 Å². The Morgan fingerprint density at radius 1 is 1.35 bits per heavy atom. The van der Waals surface area contributed by atoms with Gasteiger partial charge in [0.1, 0.15) is 22.9 Å². The van der Waals surface area contributed by atoms with E-state index in [9.17, 15) is 19.3 Å². The lowest BCUT2D eigenvalue weighted by Gasteiger charge is -2.37. The lowest BCUT2D eigenvalue weighted by Crippen LogP contribution is -2.41. The summed E-state index contributed by atoms with van der Waals surface area (Å²) in [5, 5.41) is 13.9. The summed E-state index contributed by atoms with van der Waals surface area (Å²) in [5.41, 5.74) is 5.40. The lowest BCUT2D eigenvalue weighted by atomic mass is 9.89. The number of nitrogens with two attached hydrogens (primary N) is 1. The van der Waals surface area contributed by atoms with Gasteiger partial charge >= 0.3 is 0 Å². The van der Waals surface area contributed by atoms with Gasteiger partial charge in [0.2, 0.25) is 0 Å². The standard InChI is InChI=1S/C18H18FN3O4/c1-18(2)9-14(12-5-4-11(19)8-16(12)26-18)21-17(23)10-3-6-13(20)15(7-10)22(24)25/h3-8,14H,9,20H2,1-2H3,(H,21,23). The van der Waals surface area contributed by atoms with E-state index < -0.39 is 28.3 Å². The topological polar surface area (TPSA) is 107 Å². The number of nitrogens with zero attached hydrogens (tertiary/aromatic N) is 1. The second-order valence-electron chi connectivity index (χ2n) is 6.80. The number of hydrogen-bond acceptors (Lipinski definition) is 5. The van der Waals surface area contributed by atoms with Gasteiger partial charge in [0.25, 0.3) is 11.6 Å². The normalized spacial score (nSPS) is 17.7. The minimum absolute atomic E-state index is 0.0143. The molecule has 0 saturated heterocycles. The number of carbonyl (C=O) groups excluding carboxylic acids is 1. The molecule has 1 unspecified atom stereocenters. The van der Waals surface area contributed by atoms with Gasteiger partial charge in [0, 0.05) is 29.7 Å². The smallest absolute Gasteiger partial charge is 0.292 e. The van der Waals surface area contributed by atoms with Crippen LogP contribution in [0.4, 0.5) is 15.8 Å². The molecule has 0 aliphatic carbocycles. The zero-order valence-electron chi connectivity index (χ0n) is 14.3. The zero-order valence-corrected chi connectivity index (χ0v) is 14.3. The number of carbonyl (C=O) groups is 1. The van der Waals surface area contributed by atoms with E-state index in [-0.39, 0.29) is 16.9 Å². The number of fused-ring (bicyclic) bond motifs is 1. The van der Waals surface area contributed by atoms with E-state index in [1.165, 1.54) is 24.3 Å². The molecule has 0 saturated carbocycles. The van der Waals surface area contributed by atoms with Crippen molar-refractivity contribution in [1.82, 2.24) is 5.32 Å². The van der Waals surface area contributed by atoms with Gasteiger partial charge in [0.05, 0.1) is 11.0 Å². The fourth-order valence-corrected chi connectivity index (χ4v) is 3.04. The van der Waals surface area contributed by atoms with E-state index in [2.05, 4.69) is 5.32 Å². The number of hydrogen-bond donors (Lipinski definition) is 2. The van der Waals surface area contributed by atoms with Gasteiger partial charge < -0.3 is 15.8 Å². The molecule has 0 bridgehead atoms. The Morgan fingerprint density at radius 3 is 2.77 bits per heavy atom. The molecule has 3 rings (SSSR count). The first-order valence-corrected chi connectivity index (χ1v) is 7.99. The third-order valence-electron chi connectivity index (χ3n) is 4.23. The second-order valence-corrected chi connectivity index (χ2v) is 6.80. The Kier molecular flexibility index (Phi) is 4.27. The molecule has 1 heterocycles. The van der Waals surface area contributed by atoms with Crippen LogP contribution in [-0.2, 0) is 0 Å². The van der Waals surface area contributed by atoms with Crippen LogP contribution in [0.5, 0.6) is 5.75 Å². The highest BCUT2D eigenvalue weighted by molar-refractivity contribution is 5.96. The molecule has 2 aromatic rings. The second kappa shape index (κ2) is 6.29. The summed E-state index contributed by atoms with van der Waals surface area (Å²) in [5.74, 6) is -0.540. The average molecular weight is 359 g/mol. The first-order chi connectivity index (χ1) is 12.2. The predicted molar refractivity (Wildman–Crippen MR) is 93.4 cm³/mol. The minimum atomic E-state index is -0.637. The molecular formula is C18H18FN3O4. The third kappa shape index (κ3) is 3.44. The van der Waals surface area contributed by atoms with Gasteiger partial charge in [-0.05, 0) is 32.0 Å². The summed E-state index contributed by atoms with van der Waals surface area (Å²) in [6, 6.07) is 7.62. The van der Waals surface area contributed by atoms with Crippen molar-refractivity contribution in [2.24, 2.45) is 0 Å². The SMILES string of the molecule is CC1(C)CC(NC(=O)c2ccc(N)c([N+](=O)[O-])c2)c2ccc(F)cc2O1. The van der Waals surface area contributed by atoms with E-state index in [4.69, 9.17) is 10.5 Å². The molecule has 8 heteroatoms. The highest BCUT2D eigenvalue weighted by atomic mass is 19.1. The summed E-state index contributed by atoms with van der Waals surface area (Å²) >= 11 is 0. The summed E-state index contributed by atoms with van der Waals surface area (Å²) in [6.45, 7) is 3.68. The van der Waals surface area contributed by atoms with Crippen molar-refractivity contribution in [3.05, 3.63) is 63.5 Å². The van der Waals surface area contributed by atoms with E-state index in [1.54, 1.807) is 6.07 Å². The largest absolute Gasteiger partial charge is 0.487 e. The van der Waals surface area contributed by atoms with Crippen LogP contribution in [0.15, 0.2) is 36.4 Å². The molecule has 1 aliphatic heterocycles. The molecule has 0 fully saturated rings. The van der Waals surface area contributed by atoms with Crippen LogP contribution >= 0.6 is 0 Å². The van der Waals surface area contributed by atoms with E-state index in [0.29, 0.717) is 17.7 Å². The van der Waals surface area contributed by atoms with Crippen LogP contribution in [0.2, 0.25) is 0 Å². The number of anilines is 1. The Bertz CT molecular complexity index is 898. The maximum absolute atomic E-state index is 13.5. The maximum atomic E-state index is 13.5. The highest BCUT2D eigenvalue weighted by Gasteiger charge is 2.35. The van der Waals surface area contributed by atoms with Gasteiger partial charge in [-0.3, -0.25) is 14.9 Å². The lowest BCUT2D eigenvalue weighted by molar-refractivity contribution is -0.383. The van der Waals surface area contributed by atoms with Crippen molar-refractivity contribution in [2.75, 3.05) is 5.73 Å². The van der Waals surface area contributed by atoms with Gasteiger partial charge in [-0.2, -0.15) is 0 Å². The van der Waals surface area contributed by atoms with Crippen molar-refractivity contribution in [3.8, 4) is 5.75 Å². The molecule has 0 spiro atoms. The molecule has 2 aromatic carbocycles. The molecule has 1 amide bonds. The number of rotatable bonds is 3.